The van der Waals surface area contributed by atoms with Crippen molar-refractivity contribution in [2.75, 3.05) is 12.3 Å². The van der Waals surface area contributed by atoms with Gasteiger partial charge in [-0.3, -0.25) is 9.36 Å². The van der Waals surface area contributed by atoms with Crippen LogP contribution in [0.2, 0.25) is 0 Å². The summed E-state index contributed by atoms with van der Waals surface area (Å²) in [7, 11) is 0. The molecule has 3 heterocycles. The van der Waals surface area contributed by atoms with Crippen molar-refractivity contribution in [1.82, 2.24) is 24.8 Å². The van der Waals surface area contributed by atoms with Gasteiger partial charge in [0.15, 0.2) is 29.2 Å². The van der Waals surface area contributed by atoms with Crippen LogP contribution in [0.25, 0.3) is 11.2 Å². The van der Waals surface area contributed by atoms with E-state index < -0.39 is 36.2 Å². The number of hydrogen-bond donors (Lipinski definition) is 6. The number of ether oxygens (including phenoxy) is 1. The molecule has 1 amide bonds. The maximum Gasteiger partial charge on any atom is 0.255 e. The maximum atomic E-state index is 12.8. The first-order valence-electron chi connectivity index (χ1n) is 12.2. The summed E-state index contributed by atoms with van der Waals surface area (Å²) in [6, 6.07) is 10.8. The molecule has 7 N–H and O–H groups in total. The lowest BCUT2D eigenvalue weighted by Crippen LogP contribution is -2.31. The molecule has 1 fully saturated rings. The fourth-order valence-electron chi connectivity index (χ4n) is 4.47. The Kier molecular flexibility index (Phi) is 7.15. The second-order valence-corrected chi connectivity index (χ2v) is 9.37. The van der Waals surface area contributed by atoms with Gasteiger partial charge in [-0.25, -0.2) is 15.0 Å². The van der Waals surface area contributed by atoms with Crippen molar-refractivity contribution in [3.05, 3.63) is 83.5 Å². The summed E-state index contributed by atoms with van der Waals surface area (Å²) in [5.74, 6) is -1.31. The van der Waals surface area contributed by atoms with Crippen LogP contribution in [0.3, 0.4) is 0 Å². The van der Waals surface area contributed by atoms with Crippen LogP contribution in [0, 0.1) is 6.92 Å². The lowest BCUT2D eigenvalue weighted by molar-refractivity contribution is -0.0245. The van der Waals surface area contributed by atoms with Gasteiger partial charge < -0.3 is 36.2 Å². The zero-order chi connectivity index (χ0) is 27.7. The summed E-state index contributed by atoms with van der Waals surface area (Å²) in [6.45, 7) is 2.02. The number of nitrogens with zero attached hydrogens (tertiary/aromatic N) is 4. The minimum Gasteiger partial charge on any atom is -0.504 e. The van der Waals surface area contributed by atoms with Gasteiger partial charge in [0, 0.05) is 6.54 Å². The standard InChI is InChI=1S/C27H28N6O6/c1-14-4-6-15(7-5-14)9-16-10-17(21(35)18(34)11-16)26(38)29-8-2-3-19-22(36)23(37)27(39-19)33-13-32-20-24(28)30-12-31-25(20)33/h2-7,10-13,19,22-23,27,34-37H,8-9H2,1H3,(H,29,38)(H2,28,30,31)/b3-2+/t19-,22+,23+,27-/m1/s1. The SMILES string of the molecule is Cc1ccc(Cc2cc(O)c(O)c(C(=O)NC/C=C/[C@H]3O[C@@H](n4cnc5c(N)ncnc54)[C@@H](O)[C@H]3O)c2)cc1. The van der Waals surface area contributed by atoms with E-state index in [-0.39, 0.29) is 23.7 Å². The molecule has 0 unspecified atom stereocenters. The number of phenols is 2. The molecular formula is C27H28N6O6. The molecule has 0 radical (unpaired) electrons. The van der Waals surface area contributed by atoms with Crippen molar-refractivity contribution in [2.45, 2.75) is 37.9 Å². The zero-order valence-electron chi connectivity index (χ0n) is 21.0. The predicted molar refractivity (Wildman–Crippen MR) is 141 cm³/mol. The number of carbonyl (C=O) groups is 1. The second kappa shape index (κ2) is 10.7. The Balaban J connectivity index is 1.23. The first-order valence-corrected chi connectivity index (χ1v) is 12.2. The van der Waals surface area contributed by atoms with Crippen LogP contribution in [-0.2, 0) is 11.2 Å². The van der Waals surface area contributed by atoms with Gasteiger partial charge in [0.2, 0.25) is 0 Å². The van der Waals surface area contributed by atoms with E-state index in [4.69, 9.17) is 10.5 Å². The molecular weight excluding hydrogens is 504 g/mol. The molecule has 4 aromatic rings. The number of benzene rings is 2. The van der Waals surface area contributed by atoms with E-state index in [0.717, 1.165) is 11.1 Å². The Morgan fingerprint density at radius 3 is 2.64 bits per heavy atom. The fraction of sp³-hybridized carbons (Fsp3) is 0.259. The van der Waals surface area contributed by atoms with Gasteiger partial charge >= 0.3 is 0 Å². The van der Waals surface area contributed by atoms with Gasteiger partial charge in [0.05, 0.1) is 11.9 Å². The summed E-state index contributed by atoms with van der Waals surface area (Å²) in [6.07, 6.45) is 1.83. The van der Waals surface area contributed by atoms with Gasteiger partial charge in [-0.1, -0.05) is 42.0 Å². The summed E-state index contributed by atoms with van der Waals surface area (Å²) < 4.78 is 7.30. The third kappa shape index (κ3) is 5.25. The van der Waals surface area contributed by atoms with Crippen LogP contribution >= 0.6 is 0 Å². The molecule has 2 aromatic heterocycles. The topological polar surface area (TPSA) is 189 Å². The largest absolute Gasteiger partial charge is 0.504 e. The minimum atomic E-state index is -1.28. The highest BCUT2D eigenvalue weighted by Gasteiger charge is 2.43. The normalized spacial score (nSPS) is 21.1. The highest BCUT2D eigenvalue weighted by molar-refractivity contribution is 5.98. The highest BCUT2D eigenvalue weighted by atomic mass is 16.6. The van der Waals surface area contributed by atoms with Crippen molar-refractivity contribution >= 4 is 22.9 Å². The molecule has 0 saturated carbocycles. The number of nitrogens with one attached hydrogen (secondary N) is 1. The molecule has 1 saturated heterocycles. The maximum absolute atomic E-state index is 12.8. The number of hydrogen-bond acceptors (Lipinski definition) is 10. The lowest BCUT2D eigenvalue weighted by atomic mass is 10.0. The summed E-state index contributed by atoms with van der Waals surface area (Å²) >= 11 is 0. The van der Waals surface area contributed by atoms with Gasteiger partial charge in [-0.2, -0.15) is 0 Å². The zero-order valence-corrected chi connectivity index (χ0v) is 21.0. The van der Waals surface area contributed by atoms with Crippen molar-refractivity contribution in [2.24, 2.45) is 0 Å². The molecule has 2 aromatic carbocycles. The number of aliphatic hydroxyl groups excluding tert-OH is 2. The number of phenolic OH excluding ortho intramolecular Hbond substituents is 2. The molecule has 0 spiro atoms. The number of aryl methyl sites for hydroxylation is 1. The Morgan fingerprint density at radius 1 is 1.10 bits per heavy atom. The van der Waals surface area contributed by atoms with E-state index in [9.17, 15) is 25.2 Å². The average molecular weight is 533 g/mol. The van der Waals surface area contributed by atoms with Gasteiger partial charge in [0.1, 0.15) is 30.2 Å². The molecule has 0 bridgehead atoms. The van der Waals surface area contributed by atoms with E-state index in [1.165, 1.54) is 35.4 Å². The molecule has 5 rings (SSSR count). The molecule has 12 heteroatoms. The minimum absolute atomic E-state index is 0.0341. The number of nitrogens with two attached hydrogens (primary N) is 1. The van der Waals surface area contributed by atoms with Crippen LogP contribution in [0.5, 0.6) is 11.5 Å². The Morgan fingerprint density at radius 2 is 1.87 bits per heavy atom. The molecule has 202 valence electrons. The number of aliphatic hydroxyl groups is 2. The number of amides is 1. The van der Waals surface area contributed by atoms with E-state index in [2.05, 4.69) is 20.3 Å². The summed E-state index contributed by atoms with van der Waals surface area (Å²) in [5, 5.41) is 44.2. The van der Waals surface area contributed by atoms with Crippen LogP contribution in [-0.4, -0.2) is 70.7 Å². The average Bonchev–Trinajstić information content (AvgIpc) is 3.47. The highest BCUT2D eigenvalue weighted by Crippen LogP contribution is 2.33. The number of carbonyl (C=O) groups excluding carboxylic acids is 1. The number of rotatable bonds is 7. The smallest absolute Gasteiger partial charge is 0.255 e. The number of anilines is 1. The van der Waals surface area contributed by atoms with Crippen LogP contribution in [0.4, 0.5) is 5.82 Å². The van der Waals surface area contributed by atoms with E-state index in [0.29, 0.717) is 23.1 Å². The van der Waals surface area contributed by atoms with Crippen molar-refractivity contribution in [3.8, 4) is 11.5 Å². The first kappa shape index (κ1) is 26.1. The van der Waals surface area contributed by atoms with Gasteiger partial charge in [0.25, 0.3) is 5.91 Å². The number of aromatic hydroxyl groups is 2. The number of fused-ring (bicyclic) bond motifs is 1. The third-order valence-corrected chi connectivity index (χ3v) is 6.57. The van der Waals surface area contributed by atoms with Crippen molar-refractivity contribution in [1.29, 1.82) is 0 Å². The van der Waals surface area contributed by atoms with E-state index in [1.54, 1.807) is 6.08 Å². The molecule has 1 aliphatic heterocycles. The summed E-state index contributed by atoms with van der Waals surface area (Å²) in [5.41, 5.74) is 9.23. The van der Waals surface area contributed by atoms with E-state index in [1.807, 2.05) is 31.2 Å². The summed E-state index contributed by atoms with van der Waals surface area (Å²) in [4.78, 5) is 24.9. The van der Waals surface area contributed by atoms with E-state index >= 15 is 0 Å². The Labute approximate surface area is 223 Å². The van der Waals surface area contributed by atoms with Crippen LogP contribution in [0.15, 0.2) is 61.2 Å². The number of imidazole rings is 1. The first-order chi connectivity index (χ1) is 18.7. The second-order valence-electron chi connectivity index (χ2n) is 9.37. The molecule has 39 heavy (non-hydrogen) atoms. The van der Waals surface area contributed by atoms with Crippen molar-refractivity contribution in [3.63, 3.8) is 0 Å². The quantitative estimate of drug-likeness (QED) is 0.150. The van der Waals surface area contributed by atoms with Crippen molar-refractivity contribution < 1.29 is 30.0 Å². The van der Waals surface area contributed by atoms with Crippen LogP contribution < -0.4 is 11.1 Å². The monoisotopic (exact) mass is 532 g/mol. The molecule has 4 atom stereocenters. The molecule has 12 nitrogen and oxygen atoms in total. The Bertz CT molecular complexity index is 1540. The fourth-order valence-corrected chi connectivity index (χ4v) is 4.47. The molecule has 1 aliphatic rings. The van der Waals surface area contributed by atoms with Crippen LogP contribution in [0.1, 0.15) is 33.3 Å². The number of nitrogen functional groups attached to an aromatic ring is 1. The third-order valence-electron chi connectivity index (χ3n) is 6.57. The predicted octanol–water partition coefficient (Wildman–Crippen LogP) is 1.32. The van der Waals surface area contributed by atoms with Gasteiger partial charge in [-0.05, 0) is 36.6 Å². The van der Waals surface area contributed by atoms with Gasteiger partial charge in [-0.15, -0.1) is 0 Å². The lowest BCUT2D eigenvalue weighted by Gasteiger charge is -2.16. The molecule has 0 aliphatic carbocycles. The number of aromatic nitrogens is 4. The Hall–Kier alpha value is -4.52.